The first-order valence-corrected chi connectivity index (χ1v) is 10.6. The number of rotatable bonds is 12. The van der Waals surface area contributed by atoms with Crippen LogP contribution in [0.25, 0.3) is 0 Å². The van der Waals surface area contributed by atoms with E-state index in [4.69, 9.17) is 19.5 Å². The Bertz CT molecular complexity index is 416. The quantitative estimate of drug-likeness (QED) is 0.268. The van der Waals surface area contributed by atoms with Gasteiger partial charge in [0.2, 0.25) is 0 Å². The number of hydrogen-bond donors (Lipinski definition) is 3. The molecule has 132 valence electrons. The monoisotopic (exact) mass is 364 g/mol. The van der Waals surface area contributed by atoms with E-state index in [9.17, 15) is 18.0 Å². The molecule has 1 atom stereocenters. The first-order chi connectivity index (χ1) is 10.7. The molecule has 0 saturated heterocycles. The molecule has 1 unspecified atom stereocenters. The van der Waals surface area contributed by atoms with Gasteiger partial charge >= 0.3 is 101 Å². The second-order valence-electron chi connectivity index (χ2n) is 4.97. The Kier molecular flexibility index (Phi) is 16.7. The van der Waals surface area contributed by atoms with Crippen LogP contribution in [0, 0.1) is 0 Å². The van der Waals surface area contributed by atoms with Gasteiger partial charge in [0.1, 0.15) is 0 Å². The van der Waals surface area contributed by atoms with Crippen molar-refractivity contribution in [2.75, 3.05) is 13.2 Å². The number of carbonyl (C=O) groups is 2. The molecule has 0 radical (unpaired) electrons. The van der Waals surface area contributed by atoms with E-state index in [-0.39, 0.29) is 0 Å². The summed E-state index contributed by atoms with van der Waals surface area (Å²) < 4.78 is 35.5. The molecular formula is C13H25NaO8S. The predicted octanol–water partition coefficient (Wildman–Crippen LogP) is 1.36. The summed E-state index contributed by atoms with van der Waals surface area (Å²) in [5, 5.41) is 13.9. The summed E-state index contributed by atoms with van der Waals surface area (Å²) in [6, 6.07) is 0. The van der Waals surface area contributed by atoms with E-state index in [1.807, 2.05) is 0 Å². The van der Waals surface area contributed by atoms with Crippen molar-refractivity contribution in [1.29, 1.82) is 0 Å². The molecule has 0 aliphatic carbocycles. The minimum Gasteiger partial charge on any atom is -0.481 e. The molecule has 0 bridgehead atoms. The van der Waals surface area contributed by atoms with Gasteiger partial charge in [0.25, 0.3) is 10.1 Å². The van der Waals surface area contributed by atoms with Gasteiger partial charge in [-0.25, -0.2) is 0 Å². The van der Waals surface area contributed by atoms with Crippen LogP contribution in [0.15, 0.2) is 0 Å². The molecule has 0 rings (SSSR count). The SMILES string of the molecule is CCCCCCOCC[CH2][Na].O=C(O)CC(C(=O)O)S(=O)(=O)O. The van der Waals surface area contributed by atoms with E-state index >= 15 is 0 Å². The second-order valence-corrected chi connectivity index (χ2v) is 7.57. The fourth-order valence-corrected chi connectivity index (χ4v) is 2.35. The minimum atomic E-state index is -4.84. The number of hydrogen-bond acceptors (Lipinski definition) is 5. The summed E-state index contributed by atoms with van der Waals surface area (Å²) in [4.78, 5) is 20.0. The molecule has 0 aromatic rings. The number of ether oxygens (including phenoxy) is 1. The number of carboxylic acids is 2. The van der Waals surface area contributed by atoms with E-state index < -0.39 is 33.7 Å². The van der Waals surface area contributed by atoms with Gasteiger partial charge in [-0.3, -0.25) is 14.1 Å². The molecule has 8 nitrogen and oxygen atoms in total. The van der Waals surface area contributed by atoms with Crippen molar-refractivity contribution in [1.82, 2.24) is 0 Å². The molecule has 0 aromatic heterocycles. The van der Waals surface area contributed by atoms with Crippen molar-refractivity contribution in [3.05, 3.63) is 0 Å². The van der Waals surface area contributed by atoms with Gasteiger partial charge in [-0.15, -0.1) is 0 Å². The van der Waals surface area contributed by atoms with Gasteiger partial charge in [0.15, 0.2) is 5.25 Å². The zero-order valence-corrected chi connectivity index (χ0v) is 16.5. The standard InChI is InChI=1S/C9H19O.C4H6O7S.Na/c1-3-5-6-7-9-10-8-4-2;5-3(6)1-2(4(7)8)12(9,10)11;/h2-9H2,1H3;2H,1H2,(H,5,6)(H,7,8)(H,9,10,11);. The summed E-state index contributed by atoms with van der Waals surface area (Å²) in [6.07, 6.45) is 5.41. The van der Waals surface area contributed by atoms with Crippen LogP contribution in [0.5, 0.6) is 0 Å². The summed E-state index contributed by atoms with van der Waals surface area (Å²) >= 11 is 1.33. The van der Waals surface area contributed by atoms with Gasteiger partial charge in [0, 0.05) is 0 Å². The molecule has 0 aliphatic rings. The van der Waals surface area contributed by atoms with Gasteiger partial charge in [-0.1, -0.05) is 0 Å². The molecule has 0 aliphatic heterocycles. The maximum atomic E-state index is 10.2. The third-order valence-electron chi connectivity index (χ3n) is 2.78. The average molecular weight is 364 g/mol. The van der Waals surface area contributed by atoms with Crippen LogP contribution in [-0.4, -0.2) is 81.5 Å². The summed E-state index contributed by atoms with van der Waals surface area (Å²) in [5.74, 6) is -3.50. The number of carboxylic acid groups (broad SMARTS) is 2. The summed E-state index contributed by atoms with van der Waals surface area (Å²) in [5.41, 5.74) is 0. The van der Waals surface area contributed by atoms with Crippen LogP contribution >= 0.6 is 0 Å². The molecule has 0 aromatic carbocycles. The second kappa shape index (κ2) is 15.3. The van der Waals surface area contributed by atoms with Crippen molar-refractivity contribution in [2.24, 2.45) is 0 Å². The van der Waals surface area contributed by atoms with E-state index in [2.05, 4.69) is 6.92 Å². The van der Waals surface area contributed by atoms with Crippen LogP contribution in [0.4, 0.5) is 0 Å². The average Bonchev–Trinajstić information content (AvgIpc) is 2.43. The van der Waals surface area contributed by atoms with Crippen LogP contribution in [0.1, 0.15) is 45.4 Å². The molecule has 23 heavy (non-hydrogen) atoms. The zero-order valence-electron chi connectivity index (χ0n) is 13.7. The first kappa shape index (κ1) is 25.1. The fourth-order valence-electron chi connectivity index (χ4n) is 1.46. The van der Waals surface area contributed by atoms with Crippen molar-refractivity contribution in [2.45, 2.75) is 54.4 Å². The van der Waals surface area contributed by atoms with E-state index in [0.29, 0.717) is 0 Å². The van der Waals surface area contributed by atoms with Crippen molar-refractivity contribution >= 4 is 50.0 Å². The molecule has 0 saturated carbocycles. The van der Waals surface area contributed by atoms with Crippen LogP contribution in [-0.2, 0) is 24.4 Å². The molecule has 0 amide bonds. The van der Waals surface area contributed by atoms with Crippen LogP contribution in [0.3, 0.4) is 0 Å². The Hall–Kier alpha value is -0.190. The Morgan fingerprint density at radius 3 is 2.00 bits per heavy atom. The third-order valence-corrected chi connectivity index (χ3v) is 4.57. The summed E-state index contributed by atoms with van der Waals surface area (Å²) in [6.45, 7) is 4.22. The Morgan fingerprint density at radius 2 is 1.65 bits per heavy atom. The fraction of sp³-hybridized carbons (Fsp3) is 0.846. The molecule has 0 spiro atoms. The Balaban J connectivity index is 0. The Labute approximate surface area is 154 Å². The van der Waals surface area contributed by atoms with Gasteiger partial charge < -0.3 is 10.2 Å². The van der Waals surface area contributed by atoms with Gasteiger partial charge in [-0.05, 0) is 0 Å². The molecular weight excluding hydrogens is 339 g/mol. The van der Waals surface area contributed by atoms with Gasteiger partial charge in [0.05, 0.1) is 6.42 Å². The van der Waals surface area contributed by atoms with Crippen LogP contribution < -0.4 is 0 Å². The molecule has 3 N–H and O–H groups in total. The normalized spacial score (nSPS) is 12.2. The van der Waals surface area contributed by atoms with E-state index in [0.717, 1.165) is 13.2 Å². The Morgan fingerprint density at radius 1 is 1.09 bits per heavy atom. The van der Waals surface area contributed by atoms with Crippen molar-refractivity contribution < 1.29 is 37.5 Å². The minimum absolute atomic E-state index is 0.988. The molecule has 0 heterocycles. The number of aliphatic carboxylic acids is 2. The van der Waals surface area contributed by atoms with Crippen LogP contribution in [0.2, 0.25) is 3.67 Å². The van der Waals surface area contributed by atoms with Gasteiger partial charge in [-0.2, -0.15) is 8.42 Å². The van der Waals surface area contributed by atoms with Crippen molar-refractivity contribution in [3.8, 4) is 0 Å². The third kappa shape index (κ3) is 18.0. The molecule has 0 fully saturated rings. The molecule has 10 heteroatoms. The van der Waals surface area contributed by atoms with Crippen molar-refractivity contribution in [3.63, 3.8) is 0 Å². The van der Waals surface area contributed by atoms with E-state index in [1.54, 1.807) is 0 Å². The predicted molar refractivity (Wildman–Crippen MR) is 85.4 cm³/mol. The topological polar surface area (TPSA) is 138 Å². The first-order valence-electron chi connectivity index (χ1n) is 7.65. The number of unbranched alkanes of at least 4 members (excludes halogenated alkanes) is 3. The zero-order chi connectivity index (χ0) is 18.3. The van der Waals surface area contributed by atoms with E-state index in [1.165, 1.54) is 63.7 Å². The largest absolute Gasteiger partial charge is 0.481 e. The smallest absolute Gasteiger partial charge is 0.325 e. The summed E-state index contributed by atoms with van der Waals surface area (Å²) in [7, 11) is -4.84. The maximum absolute atomic E-state index is 10.2. The maximum Gasteiger partial charge on any atom is 0.325 e.